The molecule has 3 rings (SSSR count). The molecular weight excluding hydrogens is 230 g/mol. The van der Waals surface area contributed by atoms with Gasteiger partial charge in [0.05, 0.1) is 11.0 Å². The molecule has 0 saturated carbocycles. The maximum absolute atomic E-state index is 6.04. The number of anilines is 1. The third-order valence-electron chi connectivity index (χ3n) is 3.42. The molecule has 2 N–H and O–H groups in total. The van der Waals surface area contributed by atoms with Crippen molar-refractivity contribution in [1.82, 2.24) is 9.55 Å². The predicted octanol–water partition coefficient (Wildman–Crippen LogP) is 2.82. The minimum atomic E-state index is 0.654. The van der Waals surface area contributed by atoms with Gasteiger partial charge in [0, 0.05) is 11.8 Å². The van der Waals surface area contributed by atoms with E-state index in [1.165, 1.54) is 29.7 Å². The first kappa shape index (κ1) is 11.0. The summed E-state index contributed by atoms with van der Waals surface area (Å²) in [5.41, 5.74) is 9.47. The van der Waals surface area contributed by atoms with Gasteiger partial charge in [-0.05, 0) is 37.1 Å². The van der Waals surface area contributed by atoms with E-state index < -0.39 is 0 Å². The number of aryl methyl sites for hydroxylation is 1. The Kier molecular flexibility index (Phi) is 2.74. The van der Waals surface area contributed by atoms with Crippen LogP contribution in [0.15, 0.2) is 18.2 Å². The lowest BCUT2D eigenvalue weighted by Crippen LogP contribution is -2.12. The highest BCUT2D eigenvalue weighted by atomic mass is 32.2. The number of benzene rings is 1. The van der Waals surface area contributed by atoms with Gasteiger partial charge in [0.2, 0.25) is 5.95 Å². The van der Waals surface area contributed by atoms with Gasteiger partial charge in [-0.3, -0.25) is 0 Å². The molecule has 1 saturated heterocycles. The fourth-order valence-corrected chi connectivity index (χ4v) is 3.74. The fourth-order valence-electron chi connectivity index (χ4n) is 2.49. The molecule has 1 aromatic heterocycles. The Morgan fingerprint density at radius 1 is 1.53 bits per heavy atom. The number of aromatic nitrogens is 2. The smallest absolute Gasteiger partial charge is 0.201 e. The van der Waals surface area contributed by atoms with Gasteiger partial charge < -0.3 is 10.3 Å². The Hall–Kier alpha value is -1.16. The summed E-state index contributed by atoms with van der Waals surface area (Å²) in [6.07, 6.45) is 2.64. The monoisotopic (exact) mass is 247 g/mol. The molecule has 2 aromatic rings. The minimum absolute atomic E-state index is 0.654. The van der Waals surface area contributed by atoms with Crippen LogP contribution in [0, 0.1) is 6.92 Å². The van der Waals surface area contributed by atoms with Crippen LogP contribution in [0.4, 0.5) is 5.95 Å². The first-order valence-electron chi connectivity index (χ1n) is 6.08. The van der Waals surface area contributed by atoms with E-state index in [1.807, 2.05) is 0 Å². The Balaban J connectivity index is 2.02. The van der Waals surface area contributed by atoms with E-state index in [-0.39, 0.29) is 0 Å². The topological polar surface area (TPSA) is 43.8 Å². The third-order valence-corrected chi connectivity index (χ3v) is 4.80. The Bertz CT molecular complexity index is 541. The number of hydrogen-bond acceptors (Lipinski definition) is 3. The van der Waals surface area contributed by atoms with Crippen molar-refractivity contribution in [2.24, 2.45) is 0 Å². The first-order chi connectivity index (χ1) is 8.25. The van der Waals surface area contributed by atoms with Crippen molar-refractivity contribution >= 4 is 28.7 Å². The summed E-state index contributed by atoms with van der Waals surface area (Å²) in [7, 11) is 0. The van der Waals surface area contributed by atoms with Crippen molar-refractivity contribution in [3.8, 4) is 0 Å². The van der Waals surface area contributed by atoms with Gasteiger partial charge in [-0.25, -0.2) is 4.98 Å². The molecule has 0 spiro atoms. The maximum atomic E-state index is 6.04. The van der Waals surface area contributed by atoms with E-state index in [4.69, 9.17) is 5.73 Å². The zero-order valence-electron chi connectivity index (χ0n) is 10.0. The van der Waals surface area contributed by atoms with Crippen molar-refractivity contribution in [2.75, 3.05) is 11.5 Å². The highest BCUT2D eigenvalue weighted by molar-refractivity contribution is 8.00. The van der Waals surface area contributed by atoms with Crippen molar-refractivity contribution in [3.63, 3.8) is 0 Å². The molecule has 2 heterocycles. The summed E-state index contributed by atoms with van der Waals surface area (Å²) in [6.45, 7) is 3.08. The molecule has 1 atom stereocenters. The number of imidazole rings is 1. The van der Waals surface area contributed by atoms with Crippen LogP contribution in [0.2, 0.25) is 0 Å². The molecule has 1 fully saturated rings. The van der Waals surface area contributed by atoms with E-state index in [1.54, 1.807) is 0 Å². The van der Waals surface area contributed by atoms with Crippen LogP contribution in [0.25, 0.3) is 11.0 Å². The molecule has 1 aliphatic heterocycles. The van der Waals surface area contributed by atoms with Crippen LogP contribution in [0.3, 0.4) is 0 Å². The van der Waals surface area contributed by atoms with Crippen LogP contribution in [-0.2, 0) is 6.54 Å². The second-order valence-electron chi connectivity index (χ2n) is 4.66. The van der Waals surface area contributed by atoms with E-state index in [9.17, 15) is 0 Å². The van der Waals surface area contributed by atoms with Crippen LogP contribution >= 0.6 is 11.8 Å². The summed E-state index contributed by atoms with van der Waals surface area (Å²) in [6, 6.07) is 6.28. The third kappa shape index (κ3) is 1.90. The number of nitrogens with zero attached hydrogens (tertiary/aromatic N) is 2. The number of nitrogen functional groups attached to an aromatic ring is 1. The summed E-state index contributed by atoms with van der Waals surface area (Å²) in [4.78, 5) is 4.49. The molecular formula is C13H17N3S. The van der Waals surface area contributed by atoms with Gasteiger partial charge in [0.1, 0.15) is 0 Å². The van der Waals surface area contributed by atoms with Crippen LogP contribution < -0.4 is 5.73 Å². The van der Waals surface area contributed by atoms with E-state index in [0.717, 1.165) is 12.1 Å². The highest BCUT2D eigenvalue weighted by Gasteiger charge is 2.19. The van der Waals surface area contributed by atoms with Crippen LogP contribution in [0.1, 0.15) is 18.4 Å². The molecule has 4 heteroatoms. The van der Waals surface area contributed by atoms with Gasteiger partial charge in [-0.1, -0.05) is 12.1 Å². The Morgan fingerprint density at radius 2 is 2.41 bits per heavy atom. The second-order valence-corrected chi connectivity index (χ2v) is 6.07. The zero-order valence-corrected chi connectivity index (χ0v) is 10.8. The minimum Gasteiger partial charge on any atom is -0.369 e. The lowest BCUT2D eigenvalue weighted by molar-refractivity contribution is 0.658. The van der Waals surface area contributed by atoms with Crippen LogP contribution in [0.5, 0.6) is 0 Å². The van der Waals surface area contributed by atoms with Crippen molar-refractivity contribution in [2.45, 2.75) is 31.6 Å². The molecule has 1 unspecified atom stereocenters. The second kappa shape index (κ2) is 4.26. The lowest BCUT2D eigenvalue weighted by atomic mass is 10.2. The molecule has 1 aromatic carbocycles. The average Bonchev–Trinajstić information content (AvgIpc) is 2.91. The molecule has 3 nitrogen and oxygen atoms in total. The van der Waals surface area contributed by atoms with E-state index in [0.29, 0.717) is 11.2 Å². The average molecular weight is 247 g/mol. The standard InChI is InChI=1S/C13H17N3S/c1-9-4-2-6-11-12(9)15-13(14)16(11)8-10-5-3-7-17-10/h2,4,6,10H,3,5,7-8H2,1H3,(H2,14,15). The lowest BCUT2D eigenvalue weighted by Gasteiger charge is -2.11. The molecule has 0 aliphatic carbocycles. The van der Waals surface area contributed by atoms with Gasteiger partial charge in [-0.15, -0.1) is 0 Å². The molecule has 90 valence electrons. The molecule has 0 bridgehead atoms. The maximum Gasteiger partial charge on any atom is 0.201 e. The van der Waals surface area contributed by atoms with Gasteiger partial charge >= 0.3 is 0 Å². The van der Waals surface area contributed by atoms with Gasteiger partial charge in [0.25, 0.3) is 0 Å². The van der Waals surface area contributed by atoms with Gasteiger partial charge in [0.15, 0.2) is 0 Å². The van der Waals surface area contributed by atoms with Crippen molar-refractivity contribution < 1.29 is 0 Å². The number of fused-ring (bicyclic) bond motifs is 1. The number of rotatable bonds is 2. The van der Waals surface area contributed by atoms with E-state index in [2.05, 4.69) is 46.4 Å². The van der Waals surface area contributed by atoms with Crippen molar-refractivity contribution in [3.05, 3.63) is 23.8 Å². The number of thioether (sulfide) groups is 1. The number of para-hydroxylation sites is 1. The van der Waals surface area contributed by atoms with Crippen molar-refractivity contribution in [1.29, 1.82) is 0 Å². The number of hydrogen-bond donors (Lipinski definition) is 1. The summed E-state index contributed by atoms with van der Waals surface area (Å²) in [5, 5.41) is 0.704. The summed E-state index contributed by atoms with van der Waals surface area (Å²) >= 11 is 2.06. The van der Waals surface area contributed by atoms with Gasteiger partial charge in [-0.2, -0.15) is 11.8 Å². The normalized spacial score (nSPS) is 20.2. The zero-order chi connectivity index (χ0) is 11.8. The molecule has 17 heavy (non-hydrogen) atoms. The SMILES string of the molecule is Cc1cccc2c1nc(N)n2CC1CCCS1. The molecule has 0 radical (unpaired) electrons. The Labute approximate surface area is 105 Å². The highest BCUT2D eigenvalue weighted by Crippen LogP contribution is 2.30. The Morgan fingerprint density at radius 3 is 3.18 bits per heavy atom. The largest absolute Gasteiger partial charge is 0.369 e. The number of nitrogens with two attached hydrogens (primary N) is 1. The molecule has 1 aliphatic rings. The van der Waals surface area contributed by atoms with E-state index >= 15 is 0 Å². The first-order valence-corrected chi connectivity index (χ1v) is 7.13. The van der Waals surface area contributed by atoms with Crippen LogP contribution in [-0.4, -0.2) is 20.6 Å². The summed E-state index contributed by atoms with van der Waals surface area (Å²) in [5.74, 6) is 1.94. The fraction of sp³-hybridized carbons (Fsp3) is 0.462. The molecule has 0 amide bonds. The predicted molar refractivity (Wildman–Crippen MR) is 74.4 cm³/mol. The quantitative estimate of drug-likeness (QED) is 0.887. The summed E-state index contributed by atoms with van der Waals surface area (Å²) < 4.78 is 2.17.